The summed E-state index contributed by atoms with van der Waals surface area (Å²) in [4.78, 5) is 23.7. The number of hydrogen-bond acceptors (Lipinski definition) is 3. The second-order valence-corrected chi connectivity index (χ2v) is 4.95. The molecule has 5 nitrogen and oxygen atoms in total. The van der Waals surface area contributed by atoms with E-state index < -0.39 is 6.04 Å². The summed E-state index contributed by atoms with van der Waals surface area (Å²) < 4.78 is 1.69. The Morgan fingerprint density at radius 1 is 1.23 bits per heavy atom. The van der Waals surface area contributed by atoms with Crippen molar-refractivity contribution >= 4 is 17.4 Å². The molecule has 22 heavy (non-hydrogen) atoms. The van der Waals surface area contributed by atoms with Gasteiger partial charge in [0.2, 0.25) is 6.04 Å². The summed E-state index contributed by atoms with van der Waals surface area (Å²) in [5.74, 6) is -0.246. The lowest BCUT2D eigenvalue weighted by Crippen LogP contribution is -2.44. The Morgan fingerprint density at radius 2 is 1.91 bits per heavy atom. The highest BCUT2D eigenvalue weighted by atomic mass is 16.2. The van der Waals surface area contributed by atoms with Crippen LogP contribution in [-0.2, 0) is 4.79 Å². The molecule has 1 aromatic carbocycles. The number of ketones is 1. The van der Waals surface area contributed by atoms with E-state index >= 15 is 0 Å². The molecule has 0 bridgehead atoms. The maximum atomic E-state index is 12.3. The smallest absolute Gasteiger partial charge is 0.293 e. The number of Topliss-reactive ketones (excluding diaryl/α,β-unsaturated/α-hetero) is 1. The first kappa shape index (κ1) is 15.4. The molecular formula is C17H16N3O2+. The van der Waals surface area contributed by atoms with Crippen molar-refractivity contribution in [2.45, 2.75) is 19.9 Å². The van der Waals surface area contributed by atoms with Crippen molar-refractivity contribution in [1.29, 1.82) is 5.26 Å². The van der Waals surface area contributed by atoms with Gasteiger partial charge < -0.3 is 5.32 Å². The third kappa shape index (κ3) is 3.55. The van der Waals surface area contributed by atoms with Crippen LogP contribution in [0.2, 0.25) is 0 Å². The lowest BCUT2D eigenvalue weighted by Gasteiger charge is -2.09. The molecule has 0 aliphatic carbocycles. The number of aromatic nitrogens is 1. The second-order valence-electron chi connectivity index (χ2n) is 4.95. The first-order valence-corrected chi connectivity index (χ1v) is 6.84. The van der Waals surface area contributed by atoms with E-state index in [0.29, 0.717) is 16.8 Å². The summed E-state index contributed by atoms with van der Waals surface area (Å²) in [7, 11) is 0. The molecule has 0 radical (unpaired) electrons. The van der Waals surface area contributed by atoms with E-state index in [1.807, 2.05) is 6.07 Å². The fourth-order valence-electron chi connectivity index (χ4n) is 1.95. The van der Waals surface area contributed by atoms with Crippen LogP contribution < -0.4 is 9.88 Å². The van der Waals surface area contributed by atoms with Crippen LogP contribution in [0.3, 0.4) is 0 Å². The Labute approximate surface area is 128 Å². The zero-order valence-corrected chi connectivity index (χ0v) is 12.4. The van der Waals surface area contributed by atoms with Crippen LogP contribution in [0.25, 0.3) is 0 Å². The molecule has 5 heteroatoms. The maximum absolute atomic E-state index is 12.3. The molecule has 1 heterocycles. The van der Waals surface area contributed by atoms with Gasteiger partial charge in [-0.15, -0.1) is 0 Å². The molecule has 0 aliphatic rings. The summed E-state index contributed by atoms with van der Waals surface area (Å²) in [5, 5.41) is 11.5. The summed E-state index contributed by atoms with van der Waals surface area (Å²) in [6, 6.07) is 11.7. The Morgan fingerprint density at radius 3 is 2.50 bits per heavy atom. The van der Waals surface area contributed by atoms with Gasteiger partial charge in [0.25, 0.3) is 5.91 Å². The van der Waals surface area contributed by atoms with Crippen LogP contribution in [0.4, 0.5) is 5.69 Å². The Kier molecular flexibility index (Phi) is 4.64. The molecule has 1 aromatic heterocycles. The van der Waals surface area contributed by atoms with Crippen LogP contribution in [0, 0.1) is 11.3 Å². The minimum Gasteiger partial charge on any atom is -0.320 e. The number of amides is 1. The van der Waals surface area contributed by atoms with Crippen LogP contribution in [0.1, 0.15) is 35.8 Å². The summed E-state index contributed by atoms with van der Waals surface area (Å²) in [6.45, 7) is 3.24. The highest BCUT2D eigenvalue weighted by molar-refractivity contribution is 5.94. The van der Waals surface area contributed by atoms with Crippen molar-refractivity contribution in [1.82, 2.24) is 0 Å². The second kappa shape index (κ2) is 6.64. The SMILES string of the molecule is CC(=O)c1ccc[n+]([C@H](C)C(=O)Nc2ccc(C#N)cc2)c1. The molecule has 0 aliphatic heterocycles. The normalized spacial score (nSPS) is 11.3. The van der Waals surface area contributed by atoms with Gasteiger partial charge in [0, 0.05) is 18.7 Å². The highest BCUT2D eigenvalue weighted by Crippen LogP contribution is 2.10. The lowest BCUT2D eigenvalue weighted by atomic mass is 10.2. The number of nitriles is 1. The summed E-state index contributed by atoms with van der Waals surface area (Å²) >= 11 is 0. The largest absolute Gasteiger partial charge is 0.320 e. The maximum Gasteiger partial charge on any atom is 0.293 e. The zero-order valence-electron chi connectivity index (χ0n) is 12.4. The van der Waals surface area contributed by atoms with E-state index in [4.69, 9.17) is 5.26 Å². The summed E-state index contributed by atoms with van der Waals surface area (Å²) in [6.07, 6.45) is 3.40. The monoisotopic (exact) mass is 294 g/mol. The Hall–Kier alpha value is -3.00. The first-order valence-electron chi connectivity index (χ1n) is 6.84. The number of nitrogens with one attached hydrogen (secondary N) is 1. The average Bonchev–Trinajstić information content (AvgIpc) is 2.54. The van der Waals surface area contributed by atoms with E-state index in [1.54, 1.807) is 60.3 Å². The number of carbonyl (C=O) groups is 2. The Bertz CT molecular complexity index is 745. The fourth-order valence-corrected chi connectivity index (χ4v) is 1.95. The van der Waals surface area contributed by atoms with Crippen molar-refractivity contribution in [3.8, 4) is 6.07 Å². The predicted octanol–water partition coefficient (Wildman–Crippen LogP) is 2.25. The molecule has 0 fully saturated rings. The van der Waals surface area contributed by atoms with Gasteiger partial charge >= 0.3 is 0 Å². The van der Waals surface area contributed by atoms with Crippen molar-refractivity contribution in [3.63, 3.8) is 0 Å². The van der Waals surface area contributed by atoms with Crippen LogP contribution in [-0.4, -0.2) is 11.7 Å². The van der Waals surface area contributed by atoms with Crippen molar-refractivity contribution in [3.05, 3.63) is 59.9 Å². The first-order chi connectivity index (χ1) is 10.5. The van der Waals surface area contributed by atoms with Gasteiger partial charge in [-0.25, -0.2) is 0 Å². The minimum absolute atomic E-state index is 0.0472. The van der Waals surface area contributed by atoms with E-state index in [2.05, 4.69) is 5.32 Å². The number of hydrogen-bond donors (Lipinski definition) is 1. The van der Waals surface area contributed by atoms with Gasteiger partial charge in [0.05, 0.1) is 17.2 Å². The van der Waals surface area contributed by atoms with E-state index in [-0.39, 0.29) is 11.7 Å². The number of carbonyl (C=O) groups excluding carboxylic acids is 2. The van der Waals surface area contributed by atoms with Crippen molar-refractivity contribution in [2.75, 3.05) is 5.32 Å². The topological polar surface area (TPSA) is 73.8 Å². The number of nitrogens with zero attached hydrogens (tertiary/aromatic N) is 2. The van der Waals surface area contributed by atoms with Gasteiger partial charge in [0.15, 0.2) is 18.2 Å². The quantitative estimate of drug-likeness (QED) is 0.694. The van der Waals surface area contributed by atoms with Crippen LogP contribution >= 0.6 is 0 Å². The van der Waals surface area contributed by atoms with E-state index in [0.717, 1.165) is 0 Å². The van der Waals surface area contributed by atoms with Crippen molar-refractivity contribution < 1.29 is 14.2 Å². The van der Waals surface area contributed by atoms with Gasteiger partial charge in [-0.05, 0) is 37.3 Å². The van der Waals surface area contributed by atoms with E-state index in [1.165, 1.54) is 6.92 Å². The fraction of sp³-hybridized carbons (Fsp3) is 0.176. The molecule has 1 amide bonds. The molecule has 0 spiro atoms. The standard InChI is InChI=1S/C17H15N3O2/c1-12(20-9-3-4-15(11-20)13(2)21)17(22)19-16-7-5-14(10-18)6-8-16/h3-9,11-12H,1-2H3/p+1/t12-/m1/s1. The third-order valence-corrected chi connectivity index (χ3v) is 3.34. The van der Waals surface area contributed by atoms with Crippen LogP contribution in [0.5, 0.6) is 0 Å². The minimum atomic E-state index is -0.463. The number of rotatable bonds is 4. The number of benzene rings is 1. The van der Waals surface area contributed by atoms with E-state index in [9.17, 15) is 9.59 Å². The molecule has 0 unspecified atom stereocenters. The van der Waals surface area contributed by atoms with Crippen molar-refractivity contribution in [2.24, 2.45) is 0 Å². The highest BCUT2D eigenvalue weighted by Gasteiger charge is 2.22. The number of anilines is 1. The molecule has 1 N–H and O–H groups in total. The molecular weight excluding hydrogens is 278 g/mol. The Balaban J connectivity index is 2.13. The number of pyridine rings is 1. The van der Waals surface area contributed by atoms with Crippen LogP contribution in [0.15, 0.2) is 48.8 Å². The van der Waals surface area contributed by atoms with Gasteiger partial charge in [-0.3, -0.25) is 9.59 Å². The average molecular weight is 294 g/mol. The zero-order chi connectivity index (χ0) is 16.1. The lowest BCUT2D eigenvalue weighted by molar-refractivity contribution is -0.705. The molecule has 110 valence electrons. The van der Waals surface area contributed by atoms with Gasteiger partial charge in [-0.1, -0.05) is 0 Å². The molecule has 2 aromatic rings. The molecule has 1 atom stereocenters. The molecule has 0 saturated carbocycles. The summed E-state index contributed by atoms with van der Waals surface area (Å²) in [5.41, 5.74) is 1.72. The van der Waals surface area contributed by atoms with Gasteiger partial charge in [-0.2, -0.15) is 9.83 Å². The predicted molar refractivity (Wildman–Crippen MR) is 81.1 cm³/mol. The molecule has 2 rings (SSSR count). The van der Waals surface area contributed by atoms with Gasteiger partial charge in [0.1, 0.15) is 0 Å². The molecule has 0 saturated heterocycles. The third-order valence-electron chi connectivity index (χ3n) is 3.34.